The number of alkyl halides is 6. The minimum absolute atomic E-state index is 0.0579. The highest BCUT2D eigenvalue weighted by Gasteiger charge is 2.43. The average molecular weight is 587 g/mol. The number of fused-ring (bicyclic) bond motifs is 3. The Labute approximate surface area is 234 Å². The van der Waals surface area contributed by atoms with Crippen molar-refractivity contribution in [3.63, 3.8) is 0 Å². The number of aryl methyl sites for hydroxylation is 1. The second kappa shape index (κ2) is 11.4. The predicted octanol–water partition coefficient (Wildman–Crippen LogP) is 8.06. The van der Waals surface area contributed by atoms with Crippen molar-refractivity contribution < 1.29 is 45.4 Å². The van der Waals surface area contributed by atoms with Crippen LogP contribution in [0.1, 0.15) is 80.0 Å². The monoisotopic (exact) mass is 586 g/mol. The van der Waals surface area contributed by atoms with E-state index in [4.69, 9.17) is 9.47 Å². The number of benzene rings is 2. The number of hydrogen-bond acceptors (Lipinski definition) is 4. The van der Waals surface area contributed by atoms with Crippen LogP contribution in [0.2, 0.25) is 0 Å². The van der Waals surface area contributed by atoms with Gasteiger partial charge in [-0.2, -0.15) is 26.3 Å². The van der Waals surface area contributed by atoms with Gasteiger partial charge in [-0.25, -0.2) is 9.59 Å². The van der Waals surface area contributed by atoms with Gasteiger partial charge in [0, 0.05) is 18.2 Å². The highest BCUT2D eigenvalue weighted by atomic mass is 19.4. The quantitative estimate of drug-likeness (QED) is 0.333. The molecule has 0 spiro atoms. The van der Waals surface area contributed by atoms with Gasteiger partial charge in [0.1, 0.15) is 0 Å². The molecule has 0 bridgehead atoms. The molecule has 12 heteroatoms. The molecule has 2 aliphatic rings. The first-order valence-electron chi connectivity index (χ1n) is 13.5. The van der Waals surface area contributed by atoms with Crippen LogP contribution in [0, 0.1) is 0 Å². The summed E-state index contributed by atoms with van der Waals surface area (Å²) in [6, 6.07) is 3.68. The summed E-state index contributed by atoms with van der Waals surface area (Å²) in [5, 5.41) is 0. The largest absolute Gasteiger partial charge is 0.449 e. The van der Waals surface area contributed by atoms with Crippen LogP contribution in [0.4, 0.5) is 41.6 Å². The molecule has 0 N–H and O–H groups in total. The van der Waals surface area contributed by atoms with E-state index in [-0.39, 0.29) is 24.7 Å². The predicted molar refractivity (Wildman–Crippen MR) is 138 cm³/mol. The van der Waals surface area contributed by atoms with E-state index in [1.807, 2.05) is 6.07 Å². The first-order chi connectivity index (χ1) is 19.1. The molecule has 0 aromatic heterocycles. The van der Waals surface area contributed by atoms with Gasteiger partial charge in [-0.05, 0) is 94.3 Å². The van der Waals surface area contributed by atoms with Crippen LogP contribution < -0.4 is 4.90 Å². The summed E-state index contributed by atoms with van der Waals surface area (Å²) in [5.74, 6) is 0. The standard InChI is InChI=1S/C29H32F6N2O4/c1-5-40-27(39)37-17(4)11-24(25-22-8-6-7-19(22)9-10-23(25)37)36(26(38)41-16(2)3)15-18-12-20(28(30,31)32)14-21(13-18)29(33,34)35/h9-10,12-14,16-17,24H,5-8,11,15H2,1-4H3/t17-,24+/m0/s1. The van der Waals surface area contributed by atoms with Crippen molar-refractivity contribution in [1.29, 1.82) is 0 Å². The molecule has 0 radical (unpaired) electrons. The van der Waals surface area contributed by atoms with E-state index in [1.165, 1.54) is 9.80 Å². The normalized spacial score (nSPS) is 18.7. The van der Waals surface area contributed by atoms with Crippen LogP contribution in [0.25, 0.3) is 0 Å². The molecule has 1 aliphatic heterocycles. The Kier molecular flexibility index (Phi) is 8.52. The van der Waals surface area contributed by atoms with Gasteiger partial charge in [-0.15, -0.1) is 0 Å². The van der Waals surface area contributed by atoms with Crippen molar-refractivity contribution in [2.24, 2.45) is 0 Å². The number of amides is 2. The second-order valence-electron chi connectivity index (χ2n) is 10.6. The van der Waals surface area contributed by atoms with E-state index in [1.54, 1.807) is 33.8 Å². The van der Waals surface area contributed by atoms with Crippen LogP contribution in [-0.2, 0) is 41.2 Å². The van der Waals surface area contributed by atoms with E-state index in [2.05, 4.69) is 0 Å². The smallest absolute Gasteiger partial charge is 0.416 e. The molecular weight excluding hydrogens is 554 g/mol. The zero-order valence-electron chi connectivity index (χ0n) is 23.2. The highest BCUT2D eigenvalue weighted by Crippen LogP contribution is 2.47. The van der Waals surface area contributed by atoms with E-state index in [0.717, 1.165) is 24.0 Å². The van der Waals surface area contributed by atoms with Crippen LogP contribution >= 0.6 is 0 Å². The Bertz CT molecular complexity index is 1280. The summed E-state index contributed by atoms with van der Waals surface area (Å²) in [4.78, 5) is 29.2. The van der Waals surface area contributed by atoms with E-state index in [0.29, 0.717) is 29.8 Å². The molecule has 2 aromatic rings. The molecule has 0 fully saturated rings. The number of halogens is 6. The van der Waals surface area contributed by atoms with Gasteiger partial charge in [-0.3, -0.25) is 9.80 Å². The number of nitrogens with zero attached hydrogens (tertiary/aromatic N) is 2. The van der Waals surface area contributed by atoms with E-state index >= 15 is 0 Å². The summed E-state index contributed by atoms with van der Waals surface area (Å²) < 4.78 is 92.4. The fraction of sp³-hybridized carbons (Fsp3) is 0.517. The van der Waals surface area contributed by atoms with Crippen LogP contribution in [0.15, 0.2) is 30.3 Å². The van der Waals surface area contributed by atoms with Gasteiger partial charge < -0.3 is 9.47 Å². The average Bonchev–Trinajstić information content (AvgIpc) is 3.34. The molecule has 1 aliphatic carbocycles. The number of hydrogen-bond donors (Lipinski definition) is 0. The maximum atomic E-state index is 13.6. The first-order valence-corrected chi connectivity index (χ1v) is 13.5. The first kappa shape index (κ1) is 30.5. The zero-order chi connectivity index (χ0) is 30.3. The van der Waals surface area contributed by atoms with E-state index < -0.39 is 60.4 Å². The van der Waals surface area contributed by atoms with Gasteiger partial charge in [0.25, 0.3) is 0 Å². The molecule has 6 nitrogen and oxygen atoms in total. The van der Waals surface area contributed by atoms with Gasteiger partial charge in [0.2, 0.25) is 0 Å². The molecule has 4 rings (SSSR count). The van der Waals surface area contributed by atoms with Crippen molar-refractivity contribution in [1.82, 2.24) is 4.90 Å². The summed E-state index contributed by atoms with van der Waals surface area (Å²) in [6.45, 7) is 6.18. The summed E-state index contributed by atoms with van der Waals surface area (Å²) in [5.41, 5.74) is -0.219. The third-order valence-electron chi connectivity index (χ3n) is 7.31. The lowest BCUT2D eigenvalue weighted by atomic mass is 9.85. The maximum absolute atomic E-state index is 13.6. The molecular formula is C29H32F6N2O4. The summed E-state index contributed by atoms with van der Waals surface area (Å²) in [6.07, 6.45) is -9.73. The number of carbonyl (C=O) groups excluding carboxylic acids is 2. The van der Waals surface area contributed by atoms with E-state index in [9.17, 15) is 35.9 Å². The molecule has 2 atom stereocenters. The van der Waals surface area contributed by atoms with Gasteiger partial charge in [-0.1, -0.05) is 6.07 Å². The highest BCUT2D eigenvalue weighted by molar-refractivity contribution is 5.91. The molecule has 2 aromatic carbocycles. The Morgan fingerprint density at radius 2 is 1.66 bits per heavy atom. The fourth-order valence-corrected chi connectivity index (χ4v) is 5.68. The lowest BCUT2D eigenvalue weighted by molar-refractivity contribution is -0.143. The third-order valence-corrected chi connectivity index (χ3v) is 7.31. The Morgan fingerprint density at radius 3 is 2.22 bits per heavy atom. The minimum atomic E-state index is -5.04. The van der Waals surface area contributed by atoms with Crippen molar-refractivity contribution in [3.05, 3.63) is 63.7 Å². The number of anilines is 1. The van der Waals surface area contributed by atoms with Crippen LogP contribution in [0.3, 0.4) is 0 Å². The lowest BCUT2D eigenvalue weighted by Crippen LogP contribution is -2.48. The number of carbonyl (C=O) groups is 2. The van der Waals surface area contributed by atoms with Crippen molar-refractivity contribution in [2.45, 2.75) is 90.5 Å². The molecule has 0 saturated carbocycles. The molecule has 2 amide bonds. The maximum Gasteiger partial charge on any atom is 0.416 e. The molecule has 0 saturated heterocycles. The van der Waals surface area contributed by atoms with Gasteiger partial charge >= 0.3 is 24.5 Å². The third kappa shape index (κ3) is 6.41. The Balaban J connectivity index is 1.87. The fourth-order valence-electron chi connectivity index (χ4n) is 5.68. The topological polar surface area (TPSA) is 59.1 Å². The summed E-state index contributed by atoms with van der Waals surface area (Å²) in [7, 11) is 0. The SMILES string of the molecule is CCOC(=O)N1c2ccc3c(c2[C@H](N(Cc2cc(C(F)(F)F)cc(C(F)(F)F)c2)C(=O)OC(C)C)C[C@@H]1C)CCC3. The van der Waals surface area contributed by atoms with Crippen molar-refractivity contribution in [2.75, 3.05) is 11.5 Å². The van der Waals surface area contributed by atoms with Crippen molar-refractivity contribution in [3.8, 4) is 0 Å². The lowest BCUT2D eigenvalue weighted by Gasteiger charge is -2.43. The molecule has 1 heterocycles. The van der Waals surface area contributed by atoms with Crippen molar-refractivity contribution >= 4 is 17.9 Å². The molecule has 224 valence electrons. The Hall–Kier alpha value is -3.44. The van der Waals surface area contributed by atoms with Crippen LogP contribution in [-0.4, -0.2) is 35.8 Å². The Morgan fingerprint density at radius 1 is 1.02 bits per heavy atom. The zero-order valence-corrected chi connectivity index (χ0v) is 23.2. The number of rotatable bonds is 5. The van der Waals surface area contributed by atoms with Gasteiger partial charge in [0.15, 0.2) is 0 Å². The van der Waals surface area contributed by atoms with Crippen LogP contribution in [0.5, 0.6) is 0 Å². The molecule has 0 unspecified atom stereocenters. The minimum Gasteiger partial charge on any atom is -0.449 e. The molecule has 41 heavy (non-hydrogen) atoms. The number of ether oxygens (including phenoxy) is 2. The van der Waals surface area contributed by atoms with Gasteiger partial charge in [0.05, 0.1) is 35.6 Å². The second-order valence-corrected chi connectivity index (χ2v) is 10.6. The summed E-state index contributed by atoms with van der Waals surface area (Å²) >= 11 is 0.